The van der Waals surface area contributed by atoms with Gasteiger partial charge in [-0.05, 0) is 29.3 Å². The summed E-state index contributed by atoms with van der Waals surface area (Å²) < 4.78 is 1.85. The molecule has 1 unspecified atom stereocenters. The Kier molecular flexibility index (Phi) is 4.38. The second-order valence-electron chi connectivity index (χ2n) is 5.29. The Hall–Kier alpha value is -3.08. The molecule has 23 heavy (non-hydrogen) atoms. The number of nitrogens with two attached hydrogens (primary N) is 1. The summed E-state index contributed by atoms with van der Waals surface area (Å²) in [6.45, 7) is 0.676. The first-order chi connectivity index (χ1) is 11.2. The van der Waals surface area contributed by atoms with E-state index in [1.807, 2.05) is 71.5 Å². The van der Waals surface area contributed by atoms with Crippen molar-refractivity contribution in [3.8, 4) is 0 Å². The molecule has 0 aliphatic carbocycles. The number of carbonyl (C=O) groups is 1. The number of benzene rings is 2. The lowest BCUT2D eigenvalue weighted by Crippen LogP contribution is -2.27. The van der Waals surface area contributed by atoms with Crippen molar-refractivity contribution in [2.75, 3.05) is 5.32 Å². The van der Waals surface area contributed by atoms with Gasteiger partial charge in [0.2, 0.25) is 5.91 Å². The molecule has 5 nitrogen and oxygen atoms in total. The monoisotopic (exact) mass is 306 g/mol. The Morgan fingerprint density at radius 3 is 2.65 bits per heavy atom. The lowest BCUT2D eigenvalue weighted by molar-refractivity contribution is -0.118. The summed E-state index contributed by atoms with van der Waals surface area (Å²) in [5, 5.41) is 7.41. The smallest absolute Gasteiger partial charge is 0.244 e. The molecule has 0 aliphatic heterocycles. The predicted octanol–water partition coefficient (Wildman–Crippen LogP) is 2.57. The summed E-state index contributed by atoms with van der Waals surface area (Å²) in [5.41, 5.74) is 8.34. The second kappa shape index (κ2) is 6.79. The zero-order chi connectivity index (χ0) is 16.1. The minimum atomic E-state index is -0.559. The number of nitrogens with zero attached hydrogens (tertiary/aromatic N) is 2. The first-order valence-corrected chi connectivity index (χ1v) is 7.39. The highest BCUT2D eigenvalue weighted by molar-refractivity contribution is 5.84. The molecule has 0 aliphatic rings. The average molecular weight is 306 g/mol. The van der Waals surface area contributed by atoms with Crippen molar-refractivity contribution in [3.05, 3.63) is 84.2 Å². The first kappa shape index (κ1) is 14.8. The zero-order valence-electron chi connectivity index (χ0n) is 12.6. The van der Waals surface area contributed by atoms with E-state index >= 15 is 0 Å². The summed E-state index contributed by atoms with van der Waals surface area (Å²) in [4.78, 5) is 11.8. The van der Waals surface area contributed by atoms with Gasteiger partial charge in [0.1, 0.15) is 6.04 Å². The quantitative estimate of drug-likeness (QED) is 0.735. The van der Waals surface area contributed by atoms with Gasteiger partial charge in [-0.15, -0.1) is 0 Å². The molecule has 0 fully saturated rings. The number of hydrogen-bond acceptors (Lipinski definition) is 3. The number of amides is 1. The molecule has 3 N–H and O–H groups in total. The highest BCUT2D eigenvalue weighted by Gasteiger charge is 2.17. The third-order valence-electron chi connectivity index (χ3n) is 3.56. The predicted molar refractivity (Wildman–Crippen MR) is 89.8 cm³/mol. The van der Waals surface area contributed by atoms with E-state index in [4.69, 9.17) is 5.73 Å². The third-order valence-corrected chi connectivity index (χ3v) is 3.56. The maximum absolute atomic E-state index is 11.8. The van der Waals surface area contributed by atoms with Crippen molar-refractivity contribution in [2.24, 2.45) is 5.73 Å². The fourth-order valence-electron chi connectivity index (χ4n) is 2.47. The van der Waals surface area contributed by atoms with Gasteiger partial charge in [0, 0.05) is 18.1 Å². The lowest BCUT2D eigenvalue weighted by Gasteiger charge is -2.17. The van der Waals surface area contributed by atoms with Gasteiger partial charge in [-0.2, -0.15) is 5.10 Å². The van der Waals surface area contributed by atoms with Crippen molar-refractivity contribution >= 4 is 11.6 Å². The standard InChI is InChI=1S/C18H18N4O/c19-18(23)17(15-7-2-1-3-8-15)21-16-9-4-6-14(12-16)13-22-11-5-10-20-22/h1-12,17,21H,13H2,(H2,19,23). The number of carbonyl (C=O) groups excluding carboxylic acids is 1. The summed E-state index contributed by atoms with van der Waals surface area (Å²) in [6.07, 6.45) is 3.66. The number of hydrogen-bond donors (Lipinski definition) is 2. The number of nitrogens with one attached hydrogen (secondary N) is 1. The van der Waals surface area contributed by atoms with Crippen LogP contribution >= 0.6 is 0 Å². The molecule has 1 heterocycles. The summed E-state index contributed by atoms with van der Waals surface area (Å²) in [6, 6.07) is 18.7. The molecule has 0 saturated heterocycles. The van der Waals surface area contributed by atoms with Crippen LogP contribution in [-0.4, -0.2) is 15.7 Å². The Balaban J connectivity index is 1.79. The van der Waals surface area contributed by atoms with Crippen molar-refractivity contribution in [1.29, 1.82) is 0 Å². The van der Waals surface area contributed by atoms with E-state index in [1.165, 1.54) is 0 Å². The van der Waals surface area contributed by atoms with Gasteiger partial charge in [-0.1, -0.05) is 42.5 Å². The normalized spacial score (nSPS) is 11.8. The summed E-state index contributed by atoms with van der Waals surface area (Å²) in [7, 11) is 0. The molecule has 1 amide bonds. The van der Waals surface area contributed by atoms with Crippen LogP contribution < -0.4 is 11.1 Å². The Bertz CT molecular complexity index is 769. The fraction of sp³-hybridized carbons (Fsp3) is 0.111. The number of primary amides is 1. The topological polar surface area (TPSA) is 72.9 Å². The molecular weight excluding hydrogens is 288 g/mol. The zero-order valence-corrected chi connectivity index (χ0v) is 12.6. The third kappa shape index (κ3) is 3.77. The highest BCUT2D eigenvalue weighted by atomic mass is 16.1. The maximum Gasteiger partial charge on any atom is 0.244 e. The SMILES string of the molecule is NC(=O)C(Nc1cccc(Cn2cccn2)c1)c1ccccc1. The van der Waals surface area contributed by atoms with Crippen LogP contribution in [0.3, 0.4) is 0 Å². The minimum Gasteiger partial charge on any atom is -0.370 e. The van der Waals surface area contributed by atoms with Crippen LogP contribution in [0.2, 0.25) is 0 Å². The van der Waals surface area contributed by atoms with Crippen molar-refractivity contribution in [2.45, 2.75) is 12.6 Å². The van der Waals surface area contributed by atoms with Gasteiger partial charge < -0.3 is 11.1 Å². The van der Waals surface area contributed by atoms with Crippen LogP contribution in [0.4, 0.5) is 5.69 Å². The van der Waals surface area contributed by atoms with Crippen LogP contribution in [0, 0.1) is 0 Å². The van der Waals surface area contributed by atoms with Crippen LogP contribution in [0.1, 0.15) is 17.2 Å². The van der Waals surface area contributed by atoms with E-state index < -0.39 is 11.9 Å². The molecular formula is C18H18N4O. The Labute approximate surface area is 134 Å². The van der Waals surface area contributed by atoms with Gasteiger partial charge in [0.25, 0.3) is 0 Å². The summed E-state index contributed by atoms with van der Waals surface area (Å²) in [5.74, 6) is -0.409. The molecule has 5 heteroatoms. The highest BCUT2D eigenvalue weighted by Crippen LogP contribution is 2.20. The van der Waals surface area contributed by atoms with Crippen LogP contribution in [0.15, 0.2) is 73.1 Å². The van der Waals surface area contributed by atoms with Crippen molar-refractivity contribution in [1.82, 2.24) is 9.78 Å². The molecule has 0 spiro atoms. The number of anilines is 1. The molecule has 1 atom stereocenters. The van der Waals surface area contributed by atoms with Crippen LogP contribution in [0.25, 0.3) is 0 Å². The lowest BCUT2D eigenvalue weighted by atomic mass is 10.1. The number of aromatic nitrogens is 2. The molecule has 1 aromatic heterocycles. The van der Waals surface area contributed by atoms with E-state index in [2.05, 4.69) is 10.4 Å². The van der Waals surface area contributed by atoms with Gasteiger partial charge >= 0.3 is 0 Å². The fourth-order valence-corrected chi connectivity index (χ4v) is 2.47. The maximum atomic E-state index is 11.8. The Morgan fingerprint density at radius 2 is 1.96 bits per heavy atom. The minimum absolute atomic E-state index is 0.409. The van der Waals surface area contributed by atoms with Crippen LogP contribution in [-0.2, 0) is 11.3 Å². The molecule has 0 bridgehead atoms. The Morgan fingerprint density at radius 1 is 1.13 bits per heavy atom. The average Bonchev–Trinajstić information content (AvgIpc) is 3.06. The number of rotatable bonds is 6. The molecule has 0 saturated carbocycles. The van der Waals surface area contributed by atoms with Gasteiger partial charge in [0.15, 0.2) is 0 Å². The summed E-state index contributed by atoms with van der Waals surface area (Å²) >= 11 is 0. The van der Waals surface area contributed by atoms with E-state index in [0.29, 0.717) is 6.54 Å². The second-order valence-corrected chi connectivity index (χ2v) is 5.29. The van der Waals surface area contributed by atoms with E-state index in [-0.39, 0.29) is 0 Å². The largest absolute Gasteiger partial charge is 0.370 e. The van der Waals surface area contributed by atoms with Gasteiger partial charge in [-0.3, -0.25) is 9.48 Å². The van der Waals surface area contributed by atoms with Crippen molar-refractivity contribution < 1.29 is 4.79 Å². The van der Waals surface area contributed by atoms with Gasteiger partial charge in [0.05, 0.1) is 6.54 Å². The van der Waals surface area contributed by atoms with Crippen molar-refractivity contribution in [3.63, 3.8) is 0 Å². The molecule has 116 valence electrons. The van der Waals surface area contributed by atoms with E-state index in [1.54, 1.807) is 6.20 Å². The molecule has 2 aromatic carbocycles. The van der Waals surface area contributed by atoms with Gasteiger partial charge in [-0.25, -0.2) is 0 Å². The van der Waals surface area contributed by atoms with E-state index in [0.717, 1.165) is 16.8 Å². The van der Waals surface area contributed by atoms with E-state index in [9.17, 15) is 4.79 Å². The molecule has 3 aromatic rings. The van der Waals surface area contributed by atoms with Crippen LogP contribution in [0.5, 0.6) is 0 Å². The molecule has 0 radical (unpaired) electrons. The first-order valence-electron chi connectivity index (χ1n) is 7.39. The molecule has 3 rings (SSSR count).